The molecule has 3 fully saturated rings. The van der Waals surface area contributed by atoms with Crippen molar-refractivity contribution in [1.82, 2.24) is 0 Å². The van der Waals surface area contributed by atoms with Crippen molar-refractivity contribution in [3.63, 3.8) is 0 Å². The van der Waals surface area contributed by atoms with Crippen molar-refractivity contribution < 1.29 is 4.74 Å². The molecule has 3 rings (SSSR count). The fraction of sp³-hybridized carbons (Fsp3) is 1.00. The maximum atomic E-state index is 5.79. The molecule has 64 valence electrons. The minimum atomic E-state index is 0.0811. The molecular formula is C9H17NO. The number of rotatable bonds is 1. The molecule has 3 aliphatic rings. The minimum absolute atomic E-state index is 0.0811. The Balaban J connectivity index is 2.12. The lowest BCUT2D eigenvalue weighted by molar-refractivity contribution is -0.171. The zero-order chi connectivity index (χ0) is 7.95. The molecule has 1 aliphatic carbocycles. The predicted octanol–water partition coefficient (Wildman–Crippen LogP) is 1.29. The molecule has 2 nitrogen and oxygen atoms in total. The van der Waals surface area contributed by atoms with E-state index in [2.05, 4.69) is 6.92 Å². The quantitative estimate of drug-likeness (QED) is 0.619. The Morgan fingerprint density at radius 2 is 1.91 bits per heavy atom. The summed E-state index contributed by atoms with van der Waals surface area (Å²) in [5, 5.41) is 0. The van der Waals surface area contributed by atoms with Crippen molar-refractivity contribution >= 4 is 0 Å². The first-order valence-electron chi connectivity index (χ1n) is 4.52. The van der Waals surface area contributed by atoms with Gasteiger partial charge in [0.05, 0.1) is 12.2 Å². The van der Waals surface area contributed by atoms with Gasteiger partial charge in [-0.15, -0.1) is 0 Å². The zero-order valence-electron chi connectivity index (χ0n) is 7.23. The van der Waals surface area contributed by atoms with E-state index in [-0.39, 0.29) is 5.60 Å². The second-order valence-electron chi connectivity index (χ2n) is 4.49. The molecule has 0 spiro atoms. The molecule has 11 heavy (non-hydrogen) atoms. The van der Waals surface area contributed by atoms with Crippen LogP contribution in [-0.2, 0) is 4.74 Å². The number of hydrogen-bond donors (Lipinski definition) is 1. The van der Waals surface area contributed by atoms with Crippen LogP contribution in [0.15, 0.2) is 0 Å². The molecule has 0 unspecified atom stereocenters. The second-order valence-corrected chi connectivity index (χ2v) is 4.49. The third-order valence-corrected chi connectivity index (χ3v) is 3.47. The monoisotopic (exact) mass is 155 g/mol. The Hall–Kier alpha value is -0.0800. The highest BCUT2D eigenvalue weighted by atomic mass is 16.5. The Morgan fingerprint density at radius 1 is 1.27 bits per heavy atom. The predicted molar refractivity (Wildman–Crippen MR) is 44.3 cm³/mol. The summed E-state index contributed by atoms with van der Waals surface area (Å²) in [6, 6.07) is 0. The van der Waals surface area contributed by atoms with Gasteiger partial charge >= 0.3 is 0 Å². The average molecular weight is 155 g/mol. The Morgan fingerprint density at radius 3 is 2.27 bits per heavy atom. The van der Waals surface area contributed by atoms with E-state index in [0.29, 0.717) is 12.0 Å². The van der Waals surface area contributed by atoms with Gasteiger partial charge in [0.1, 0.15) is 0 Å². The molecule has 2 N–H and O–H groups in total. The lowest BCUT2D eigenvalue weighted by Gasteiger charge is -2.51. The van der Waals surface area contributed by atoms with Gasteiger partial charge in [0.25, 0.3) is 0 Å². The van der Waals surface area contributed by atoms with Crippen LogP contribution in [0.2, 0.25) is 0 Å². The van der Waals surface area contributed by atoms with Gasteiger partial charge in [-0.1, -0.05) is 6.92 Å². The Labute approximate surface area is 68.1 Å². The molecule has 2 aliphatic heterocycles. The van der Waals surface area contributed by atoms with Crippen molar-refractivity contribution in [2.45, 2.75) is 38.2 Å². The topological polar surface area (TPSA) is 35.2 Å². The fourth-order valence-corrected chi connectivity index (χ4v) is 2.19. The highest BCUT2D eigenvalue weighted by Crippen LogP contribution is 2.47. The third kappa shape index (κ3) is 1.09. The highest BCUT2D eigenvalue weighted by molar-refractivity contribution is 4.97. The fourth-order valence-electron chi connectivity index (χ4n) is 2.19. The molecule has 2 heteroatoms. The minimum Gasteiger partial charge on any atom is -0.373 e. The maximum absolute atomic E-state index is 5.79. The van der Waals surface area contributed by atoms with Crippen LogP contribution >= 0.6 is 0 Å². The first-order chi connectivity index (χ1) is 5.18. The lowest BCUT2D eigenvalue weighted by atomic mass is 9.67. The van der Waals surface area contributed by atoms with Crippen molar-refractivity contribution in [2.75, 3.05) is 13.2 Å². The largest absolute Gasteiger partial charge is 0.373 e. The van der Waals surface area contributed by atoms with E-state index in [1.165, 1.54) is 25.7 Å². The Bertz CT molecular complexity index is 142. The van der Waals surface area contributed by atoms with E-state index >= 15 is 0 Å². The van der Waals surface area contributed by atoms with Crippen molar-refractivity contribution in [2.24, 2.45) is 11.1 Å². The molecule has 0 radical (unpaired) electrons. The highest BCUT2D eigenvalue weighted by Gasteiger charge is 2.46. The van der Waals surface area contributed by atoms with Crippen molar-refractivity contribution in [1.29, 1.82) is 0 Å². The summed E-state index contributed by atoms with van der Waals surface area (Å²) < 4.78 is 5.79. The summed E-state index contributed by atoms with van der Waals surface area (Å²) >= 11 is 0. The summed E-state index contributed by atoms with van der Waals surface area (Å²) in [5.74, 6) is 0. The number of hydrogen-bond acceptors (Lipinski definition) is 2. The molecule has 0 aromatic heterocycles. The average Bonchev–Trinajstić information content (AvgIpc) is 2.07. The molecule has 0 atom stereocenters. The summed E-state index contributed by atoms with van der Waals surface area (Å²) in [6.07, 6.45) is 4.98. The van der Waals surface area contributed by atoms with Crippen molar-refractivity contribution in [3.05, 3.63) is 0 Å². The van der Waals surface area contributed by atoms with Crippen LogP contribution in [0, 0.1) is 5.41 Å². The number of nitrogens with two attached hydrogens (primary N) is 1. The summed E-state index contributed by atoms with van der Waals surface area (Å²) in [5.41, 5.74) is 6.26. The van der Waals surface area contributed by atoms with E-state index in [0.717, 1.165) is 6.61 Å². The lowest BCUT2D eigenvalue weighted by Crippen LogP contribution is -2.53. The van der Waals surface area contributed by atoms with E-state index in [1.807, 2.05) is 0 Å². The summed E-state index contributed by atoms with van der Waals surface area (Å²) in [7, 11) is 0. The summed E-state index contributed by atoms with van der Waals surface area (Å²) in [6.45, 7) is 3.97. The standard InChI is InChI=1S/C9H17NO/c1-8-2-4-9(6-10,5-3-8)11-7-8/h2-7,10H2,1H3. The normalized spacial score (nSPS) is 49.6. The maximum Gasteiger partial charge on any atom is 0.0804 e. The van der Waals surface area contributed by atoms with Gasteiger partial charge < -0.3 is 10.5 Å². The SMILES string of the molecule is CC12CCC(CN)(CC1)OC2. The van der Waals surface area contributed by atoms with Gasteiger partial charge in [-0.05, 0) is 31.1 Å². The molecule has 0 amide bonds. The van der Waals surface area contributed by atoms with Crippen LogP contribution < -0.4 is 5.73 Å². The van der Waals surface area contributed by atoms with E-state index in [4.69, 9.17) is 10.5 Å². The van der Waals surface area contributed by atoms with Gasteiger partial charge in [0.15, 0.2) is 0 Å². The van der Waals surface area contributed by atoms with Crippen LogP contribution in [-0.4, -0.2) is 18.8 Å². The molecule has 2 heterocycles. The van der Waals surface area contributed by atoms with Gasteiger partial charge in [0.2, 0.25) is 0 Å². The van der Waals surface area contributed by atoms with Crippen molar-refractivity contribution in [3.8, 4) is 0 Å². The van der Waals surface area contributed by atoms with E-state index in [1.54, 1.807) is 0 Å². The van der Waals surface area contributed by atoms with Gasteiger partial charge in [-0.2, -0.15) is 0 Å². The van der Waals surface area contributed by atoms with Gasteiger partial charge in [0, 0.05) is 6.54 Å². The first kappa shape index (κ1) is 7.56. The molecule has 2 saturated heterocycles. The van der Waals surface area contributed by atoms with Gasteiger partial charge in [-0.3, -0.25) is 0 Å². The smallest absolute Gasteiger partial charge is 0.0804 e. The molecule has 2 bridgehead atoms. The first-order valence-corrected chi connectivity index (χ1v) is 4.52. The molecular weight excluding hydrogens is 138 g/mol. The molecule has 1 saturated carbocycles. The third-order valence-electron chi connectivity index (χ3n) is 3.47. The number of fused-ring (bicyclic) bond motifs is 3. The zero-order valence-corrected chi connectivity index (χ0v) is 7.23. The van der Waals surface area contributed by atoms with Crippen LogP contribution in [0.25, 0.3) is 0 Å². The van der Waals surface area contributed by atoms with Crippen LogP contribution in [0.1, 0.15) is 32.6 Å². The van der Waals surface area contributed by atoms with Crippen LogP contribution in [0.5, 0.6) is 0 Å². The van der Waals surface area contributed by atoms with Crippen LogP contribution in [0.3, 0.4) is 0 Å². The van der Waals surface area contributed by atoms with Gasteiger partial charge in [-0.25, -0.2) is 0 Å². The Kier molecular flexibility index (Phi) is 1.52. The van der Waals surface area contributed by atoms with Crippen LogP contribution in [0.4, 0.5) is 0 Å². The molecule has 0 aromatic carbocycles. The second kappa shape index (κ2) is 2.20. The summed E-state index contributed by atoms with van der Waals surface area (Å²) in [4.78, 5) is 0. The number of ether oxygens (including phenoxy) is 1. The van der Waals surface area contributed by atoms with E-state index < -0.39 is 0 Å². The molecule has 0 aromatic rings. The van der Waals surface area contributed by atoms with E-state index in [9.17, 15) is 0 Å².